The minimum Gasteiger partial charge on any atom is -0.356 e. The summed E-state index contributed by atoms with van der Waals surface area (Å²) in [7, 11) is -3.59. The summed E-state index contributed by atoms with van der Waals surface area (Å²) < 4.78 is 24.1. The minimum atomic E-state index is -3.59. The highest BCUT2D eigenvalue weighted by Gasteiger charge is 2.20. The van der Waals surface area contributed by atoms with Gasteiger partial charge in [0.15, 0.2) is 5.82 Å². The van der Waals surface area contributed by atoms with Crippen molar-refractivity contribution in [2.75, 3.05) is 24.5 Å². The molecule has 25 heavy (non-hydrogen) atoms. The number of anilines is 1. The van der Waals surface area contributed by atoms with Gasteiger partial charge < -0.3 is 4.90 Å². The molecule has 134 valence electrons. The Kier molecular flexibility index (Phi) is 5.57. The Bertz CT molecular complexity index is 791. The molecule has 1 aliphatic rings. The number of nitrogens with two attached hydrogens (primary N) is 1. The van der Waals surface area contributed by atoms with Crippen molar-refractivity contribution in [3.05, 3.63) is 36.8 Å². The molecule has 2 aromatic heterocycles. The van der Waals surface area contributed by atoms with Crippen molar-refractivity contribution in [1.29, 1.82) is 0 Å². The molecule has 8 nitrogen and oxygen atoms in total. The Balaban J connectivity index is 1.56. The van der Waals surface area contributed by atoms with Gasteiger partial charge in [0.2, 0.25) is 0 Å². The second-order valence-corrected chi connectivity index (χ2v) is 7.52. The predicted octanol–water partition coefficient (Wildman–Crippen LogP) is 0.938. The molecule has 0 radical (unpaired) electrons. The number of aromatic nitrogens is 3. The van der Waals surface area contributed by atoms with E-state index in [1.807, 2.05) is 18.2 Å². The molecule has 3 N–H and O–H groups in total. The Morgan fingerprint density at radius 1 is 1.24 bits per heavy atom. The summed E-state index contributed by atoms with van der Waals surface area (Å²) in [5, 5.41) is 4.95. The molecule has 1 fully saturated rings. The molecule has 3 heterocycles. The molecule has 2 aromatic rings. The van der Waals surface area contributed by atoms with Crippen LogP contribution in [0, 0.1) is 5.92 Å². The van der Waals surface area contributed by atoms with Crippen LogP contribution in [0.15, 0.2) is 36.8 Å². The van der Waals surface area contributed by atoms with Crippen molar-refractivity contribution in [2.45, 2.75) is 19.3 Å². The lowest BCUT2D eigenvalue weighted by atomic mass is 9.94. The molecule has 1 saturated heterocycles. The summed E-state index contributed by atoms with van der Waals surface area (Å²) in [6.07, 6.45) is 8.05. The molecule has 0 amide bonds. The van der Waals surface area contributed by atoms with E-state index in [1.54, 1.807) is 18.6 Å². The van der Waals surface area contributed by atoms with E-state index in [1.165, 1.54) is 0 Å². The van der Waals surface area contributed by atoms with Crippen LogP contribution >= 0.6 is 0 Å². The fraction of sp³-hybridized carbons (Fsp3) is 0.438. The zero-order valence-corrected chi connectivity index (χ0v) is 14.7. The zero-order valence-electron chi connectivity index (χ0n) is 13.9. The molecular formula is C16H22N6O2S. The largest absolute Gasteiger partial charge is 0.356 e. The van der Waals surface area contributed by atoms with Crippen molar-refractivity contribution in [3.8, 4) is 11.4 Å². The van der Waals surface area contributed by atoms with Gasteiger partial charge in [-0.25, -0.2) is 19.8 Å². The fourth-order valence-electron chi connectivity index (χ4n) is 3.02. The molecule has 0 aromatic carbocycles. The first-order valence-corrected chi connectivity index (χ1v) is 9.82. The normalized spacial score (nSPS) is 16.1. The SMILES string of the molecule is NS(=O)(=O)NCCC1CCN(c2ccnc(-c3cccnc3)n2)CC1. The summed E-state index contributed by atoms with van der Waals surface area (Å²) in [6, 6.07) is 5.73. The number of nitrogens with one attached hydrogen (secondary N) is 1. The molecule has 0 bridgehead atoms. The van der Waals surface area contributed by atoms with Crippen LogP contribution in [0.2, 0.25) is 0 Å². The number of hydrogen-bond acceptors (Lipinski definition) is 6. The number of pyridine rings is 1. The average molecular weight is 362 g/mol. The van der Waals surface area contributed by atoms with Gasteiger partial charge in [-0.15, -0.1) is 0 Å². The first-order chi connectivity index (χ1) is 12.0. The van der Waals surface area contributed by atoms with Gasteiger partial charge in [0.25, 0.3) is 10.2 Å². The van der Waals surface area contributed by atoms with Crippen molar-refractivity contribution in [1.82, 2.24) is 19.7 Å². The van der Waals surface area contributed by atoms with E-state index in [0.29, 0.717) is 18.3 Å². The second kappa shape index (κ2) is 7.85. The van der Waals surface area contributed by atoms with Crippen molar-refractivity contribution in [3.63, 3.8) is 0 Å². The van der Waals surface area contributed by atoms with E-state index in [4.69, 9.17) is 5.14 Å². The van der Waals surface area contributed by atoms with Crippen LogP contribution in [-0.2, 0) is 10.2 Å². The first kappa shape index (κ1) is 17.7. The standard InChI is InChI=1S/C16H22N6O2S/c17-25(23,24)20-9-3-13-5-10-22(11-6-13)15-4-8-19-16(21-15)14-2-1-7-18-12-14/h1-2,4,7-8,12-13,20H,3,5-6,9-11H2,(H2,17,23,24). The van der Waals surface area contributed by atoms with Crippen LogP contribution < -0.4 is 14.8 Å². The molecule has 0 aliphatic carbocycles. The molecule has 3 rings (SSSR count). The first-order valence-electron chi connectivity index (χ1n) is 8.27. The lowest BCUT2D eigenvalue weighted by Crippen LogP contribution is -2.37. The Hall–Kier alpha value is -2.10. The summed E-state index contributed by atoms with van der Waals surface area (Å²) in [5.74, 6) is 2.07. The number of rotatable bonds is 6. The van der Waals surface area contributed by atoms with Crippen LogP contribution in [-0.4, -0.2) is 43.0 Å². The van der Waals surface area contributed by atoms with Crippen molar-refractivity contribution < 1.29 is 8.42 Å². The van der Waals surface area contributed by atoms with Crippen LogP contribution in [0.5, 0.6) is 0 Å². The topological polar surface area (TPSA) is 114 Å². The third-order valence-corrected chi connectivity index (χ3v) is 4.96. The predicted molar refractivity (Wildman–Crippen MR) is 95.9 cm³/mol. The molecule has 0 saturated carbocycles. The maximum atomic E-state index is 10.9. The molecule has 1 aliphatic heterocycles. The van der Waals surface area contributed by atoms with E-state index in [0.717, 1.165) is 43.7 Å². The van der Waals surface area contributed by atoms with Gasteiger partial charge in [-0.1, -0.05) is 0 Å². The molecular weight excluding hydrogens is 340 g/mol. The van der Waals surface area contributed by atoms with E-state index in [9.17, 15) is 8.42 Å². The van der Waals surface area contributed by atoms with Crippen LogP contribution in [0.25, 0.3) is 11.4 Å². The highest BCUT2D eigenvalue weighted by molar-refractivity contribution is 7.87. The van der Waals surface area contributed by atoms with E-state index >= 15 is 0 Å². The van der Waals surface area contributed by atoms with E-state index in [2.05, 4.69) is 24.6 Å². The number of piperidine rings is 1. The second-order valence-electron chi connectivity index (χ2n) is 6.14. The monoisotopic (exact) mass is 362 g/mol. The third-order valence-electron chi connectivity index (χ3n) is 4.35. The zero-order chi connectivity index (χ0) is 17.7. The van der Waals surface area contributed by atoms with Crippen molar-refractivity contribution in [2.24, 2.45) is 11.1 Å². The van der Waals surface area contributed by atoms with Gasteiger partial charge in [-0.2, -0.15) is 8.42 Å². The highest BCUT2D eigenvalue weighted by Crippen LogP contribution is 2.25. The molecule has 0 spiro atoms. The van der Waals surface area contributed by atoms with Gasteiger partial charge in [0.05, 0.1) is 0 Å². The number of hydrogen-bond donors (Lipinski definition) is 2. The Morgan fingerprint density at radius 3 is 2.72 bits per heavy atom. The van der Waals surface area contributed by atoms with Crippen LogP contribution in [0.1, 0.15) is 19.3 Å². The summed E-state index contributed by atoms with van der Waals surface area (Å²) >= 11 is 0. The lowest BCUT2D eigenvalue weighted by Gasteiger charge is -2.32. The highest BCUT2D eigenvalue weighted by atomic mass is 32.2. The van der Waals surface area contributed by atoms with Gasteiger partial charge in [0, 0.05) is 43.8 Å². The Labute approximate surface area is 147 Å². The van der Waals surface area contributed by atoms with E-state index < -0.39 is 10.2 Å². The quantitative estimate of drug-likeness (QED) is 0.790. The molecule has 0 atom stereocenters. The lowest BCUT2D eigenvalue weighted by molar-refractivity contribution is 0.380. The maximum Gasteiger partial charge on any atom is 0.274 e. The number of nitrogens with zero attached hydrogens (tertiary/aromatic N) is 4. The molecule has 0 unspecified atom stereocenters. The van der Waals surface area contributed by atoms with Gasteiger partial charge in [0.1, 0.15) is 5.82 Å². The molecule has 9 heteroatoms. The fourth-order valence-corrected chi connectivity index (χ4v) is 3.42. The van der Waals surface area contributed by atoms with Crippen LogP contribution in [0.3, 0.4) is 0 Å². The summed E-state index contributed by atoms with van der Waals surface area (Å²) in [5.41, 5.74) is 0.897. The smallest absolute Gasteiger partial charge is 0.274 e. The van der Waals surface area contributed by atoms with E-state index in [-0.39, 0.29) is 0 Å². The summed E-state index contributed by atoms with van der Waals surface area (Å²) in [4.78, 5) is 15.3. The van der Waals surface area contributed by atoms with Gasteiger partial charge in [-0.3, -0.25) is 4.98 Å². The van der Waals surface area contributed by atoms with Crippen LogP contribution in [0.4, 0.5) is 5.82 Å². The van der Waals surface area contributed by atoms with Gasteiger partial charge in [-0.05, 0) is 43.4 Å². The average Bonchev–Trinajstić information content (AvgIpc) is 2.62. The Morgan fingerprint density at radius 2 is 2.04 bits per heavy atom. The third kappa shape index (κ3) is 5.18. The van der Waals surface area contributed by atoms with Gasteiger partial charge >= 0.3 is 0 Å². The minimum absolute atomic E-state index is 0.391. The van der Waals surface area contributed by atoms with Crippen molar-refractivity contribution >= 4 is 16.0 Å². The summed E-state index contributed by atoms with van der Waals surface area (Å²) in [6.45, 7) is 2.18. The maximum absolute atomic E-state index is 10.9.